The summed E-state index contributed by atoms with van der Waals surface area (Å²) >= 11 is 5.96. The monoisotopic (exact) mass is 624 g/mol. The first-order valence-electron chi connectivity index (χ1n) is 12.9. The molecule has 2 N–H and O–H groups in total. The van der Waals surface area contributed by atoms with E-state index in [-0.39, 0.29) is 35.1 Å². The topological polar surface area (TPSA) is 98.8 Å². The Labute approximate surface area is 244 Å². The molecule has 2 amide bonds. The summed E-state index contributed by atoms with van der Waals surface area (Å²) in [5.41, 5.74) is 0.493. The molecule has 1 fully saturated rings. The number of carbonyl (C=O) groups excluding carboxylic acids is 2. The first kappa shape index (κ1) is 29.6. The molecule has 1 saturated heterocycles. The fraction of sp³-hybridized carbons (Fsp3) is 0.286. The average molecular weight is 625 g/mol. The van der Waals surface area contributed by atoms with Gasteiger partial charge >= 0.3 is 6.18 Å². The number of amides is 2. The largest absolute Gasteiger partial charge is 0.416 e. The van der Waals surface area contributed by atoms with Gasteiger partial charge < -0.3 is 20.4 Å². The molecule has 0 bridgehead atoms. The van der Waals surface area contributed by atoms with Crippen molar-refractivity contribution in [2.45, 2.75) is 18.0 Å². The van der Waals surface area contributed by atoms with Crippen molar-refractivity contribution in [1.82, 2.24) is 4.90 Å². The summed E-state index contributed by atoms with van der Waals surface area (Å²) < 4.78 is 78.9. The summed E-state index contributed by atoms with van der Waals surface area (Å²) in [4.78, 5) is 29.3. The molecule has 222 valence electrons. The van der Waals surface area contributed by atoms with Gasteiger partial charge in [0.2, 0.25) is 5.91 Å². The summed E-state index contributed by atoms with van der Waals surface area (Å²) in [6, 6.07) is 12.3. The molecule has 2 heterocycles. The summed E-state index contributed by atoms with van der Waals surface area (Å²) in [6.07, 6.45) is -4.45. The minimum absolute atomic E-state index is 0.0285. The molecule has 5 rings (SSSR count). The molecule has 0 saturated carbocycles. The van der Waals surface area contributed by atoms with Gasteiger partial charge in [-0.15, -0.1) is 0 Å². The van der Waals surface area contributed by atoms with Crippen LogP contribution >= 0.6 is 11.6 Å². The number of fused-ring (bicyclic) bond motifs is 1. The number of halogens is 5. The van der Waals surface area contributed by atoms with E-state index in [0.717, 1.165) is 18.2 Å². The van der Waals surface area contributed by atoms with E-state index in [0.29, 0.717) is 30.2 Å². The fourth-order valence-electron chi connectivity index (χ4n) is 4.93. The summed E-state index contributed by atoms with van der Waals surface area (Å²) in [6.45, 7) is 1.24. The van der Waals surface area contributed by atoms with Gasteiger partial charge in [-0.1, -0.05) is 23.7 Å². The van der Waals surface area contributed by atoms with Crippen molar-refractivity contribution in [2.75, 3.05) is 47.5 Å². The fourth-order valence-corrected chi connectivity index (χ4v) is 6.83. The Morgan fingerprint density at radius 3 is 2.38 bits per heavy atom. The molecule has 14 heteroatoms. The standard InChI is InChI=1S/C28H25ClF4N4O4S/c29-21-5-2-6-22(30)20(21)15-42(40,41)16-25-26(38)35-24-13-17(7-8-23(24)34-25)27(39)37-11-9-36(10-12-37)19-4-1-3-18(14-19)28(31,32)33/h1-8,13-14,25,34H,9-12,15-16H2,(H,35,38)/t25-/m1/s1. The van der Waals surface area contributed by atoms with Crippen LogP contribution in [0.1, 0.15) is 21.5 Å². The Bertz CT molecular complexity index is 1620. The van der Waals surface area contributed by atoms with E-state index in [9.17, 15) is 35.6 Å². The molecule has 2 aliphatic rings. The normalized spacial score (nSPS) is 17.4. The van der Waals surface area contributed by atoms with Gasteiger partial charge in [-0.25, -0.2) is 12.8 Å². The van der Waals surface area contributed by atoms with Crippen LogP contribution in [0.3, 0.4) is 0 Å². The van der Waals surface area contributed by atoms with Crippen molar-refractivity contribution in [3.05, 3.63) is 88.2 Å². The van der Waals surface area contributed by atoms with Gasteiger partial charge in [0.25, 0.3) is 5.91 Å². The third-order valence-electron chi connectivity index (χ3n) is 7.12. The number of alkyl halides is 3. The highest BCUT2D eigenvalue weighted by atomic mass is 35.5. The number of benzene rings is 3. The molecular weight excluding hydrogens is 600 g/mol. The lowest BCUT2D eigenvalue weighted by atomic mass is 10.1. The molecular formula is C28H25ClF4N4O4S. The van der Waals surface area contributed by atoms with E-state index in [1.807, 2.05) is 0 Å². The molecule has 0 aromatic heterocycles. The van der Waals surface area contributed by atoms with Crippen molar-refractivity contribution >= 4 is 50.3 Å². The number of rotatable bonds is 6. The minimum atomic E-state index is -4.45. The minimum Gasteiger partial charge on any atom is -0.371 e. The van der Waals surface area contributed by atoms with Crippen molar-refractivity contribution in [3.63, 3.8) is 0 Å². The molecule has 0 radical (unpaired) electrons. The maximum absolute atomic E-state index is 14.1. The number of hydrogen-bond acceptors (Lipinski definition) is 6. The first-order chi connectivity index (χ1) is 19.8. The highest BCUT2D eigenvalue weighted by Gasteiger charge is 2.33. The molecule has 3 aromatic carbocycles. The Kier molecular flexibility index (Phi) is 8.08. The van der Waals surface area contributed by atoms with Crippen LogP contribution in [0.15, 0.2) is 60.7 Å². The Hall–Kier alpha value is -3.84. The zero-order valence-corrected chi connectivity index (χ0v) is 23.5. The number of hydrogen-bond donors (Lipinski definition) is 2. The van der Waals surface area contributed by atoms with Crippen molar-refractivity contribution in [3.8, 4) is 0 Å². The van der Waals surface area contributed by atoms with Crippen LogP contribution in [0.5, 0.6) is 0 Å². The predicted molar refractivity (Wildman–Crippen MR) is 151 cm³/mol. The highest BCUT2D eigenvalue weighted by Crippen LogP contribution is 2.33. The van der Waals surface area contributed by atoms with E-state index in [1.54, 1.807) is 21.9 Å². The van der Waals surface area contributed by atoms with Gasteiger partial charge in [-0.05, 0) is 48.5 Å². The van der Waals surface area contributed by atoms with E-state index >= 15 is 0 Å². The van der Waals surface area contributed by atoms with Crippen molar-refractivity contribution in [2.24, 2.45) is 0 Å². The summed E-state index contributed by atoms with van der Waals surface area (Å²) in [5.74, 6) is -3.00. The number of sulfone groups is 1. The number of carbonyl (C=O) groups is 2. The van der Waals surface area contributed by atoms with Crippen LogP contribution < -0.4 is 15.5 Å². The third kappa shape index (κ3) is 6.46. The van der Waals surface area contributed by atoms with Crippen LogP contribution in [-0.4, -0.2) is 63.1 Å². The second-order valence-corrected chi connectivity index (χ2v) is 12.5. The molecule has 0 aliphatic carbocycles. The van der Waals surface area contributed by atoms with E-state index in [2.05, 4.69) is 10.6 Å². The van der Waals surface area contributed by atoms with Crippen molar-refractivity contribution in [1.29, 1.82) is 0 Å². The zero-order chi connectivity index (χ0) is 30.2. The molecule has 8 nitrogen and oxygen atoms in total. The molecule has 3 aromatic rings. The highest BCUT2D eigenvalue weighted by molar-refractivity contribution is 7.90. The lowest BCUT2D eigenvalue weighted by Gasteiger charge is -2.36. The van der Waals surface area contributed by atoms with Gasteiger partial charge in [-0.3, -0.25) is 9.59 Å². The van der Waals surface area contributed by atoms with Gasteiger partial charge in [-0.2, -0.15) is 13.2 Å². The Morgan fingerprint density at radius 2 is 1.69 bits per heavy atom. The van der Waals surface area contributed by atoms with Crippen LogP contribution in [0.2, 0.25) is 5.02 Å². The molecule has 42 heavy (non-hydrogen) atoms. The van der Waals surface area contributed by atoms with E-state index in [4.69, 9.17) is 11.6 Å². The summed E-state index contributed by atoms with van der Waals surface area (Å²) in [5, 5.41) is 5.47. The lowest BCUT2D eigenvalue weighted by molar-refractivity contribution is -0.137. The van der Waals surface area contributed by atoms with Crippen molar-refractivity contribution < 1.29 is 35.6 Å². The molecule has 1 atom stereocenters. The SMILES string of the molecule is O=C1Nc2cc(C(=O)N3CCN(c4cccc(C(F)(F)F)c4)CC3)ccc2N[C@@H]1CS(=O)(=O)Cc1c(F)cccc1Cl. The predicted octanol–water partition coefficient (Wildman–Crippen LogP) is 4.81. The van der Waals surface area contributed by atoms with Crippen LogP contribution in [-0.2, 0) is 26.6 Å². The molecule has 2 aliphatic heterocycles. The molecule has 0 unspecified atom stereocenters. The van der Waals surface area contributed by atoms with Gasteiger partial charge in [0.15, 0.2) is 9.84 Å². The third-order valence-corrected chi connectivity index (χ3v) is 9.05. The average Bonchev–Trinajstić information content (AvgIpc) is 2.94. The number of piperazine rings is 1. The Balaban J connectivity index is 1.22. The second-order valence-electron chi connectivity index (χ2n) is 10.0. The first-order valence-corrected chi connectivity index (χ1v) is 15.1. The second kappa shape index (κ2) is 11.4. The quantitative estimate of drug-likeness (QED) is 0.382. The van der Waals surface area contributed by atoms with E-state index < -0.39 is 50.8 Å². The van der Waals surface area contributed by atoms with Crippen LogP contribution in [0.4, 0.5) is 34.6 Å². The zero-order valence-electron chi connectivity index (χ0n) is 21.9. The lowest BCUT2D eigenvalue weighted by Crippen LogP contribution is -2.49. The number of nitrogens with zero attached hydrogens (tertiary/aromatic N) is 2. The van der Waals surface area contributed by atoms with Crippen LogP contribution in [0, 0.1) is 5.82 Å². The molecule has 0 spiro atoms. The van der Waals surface area contributed by atoms with Gasteiger partial charge in [0.1, 0.15) is 11.9 Å². The summed E-state index contributed by atoms with van der Waals surface area (Å²) in [7, 11) is -3.95. The van der Waals surface area contributed by atoms with Gasteiger partial charge in [0.05, 0.1) is 28.4 Å². The number of nitrogens with one attached hydrogen (secondary N) is 2. The number of anilines is 3. The van der Waals surface area contributed by atoms with Crippen LogP contribution in [0.25, 0.3) is 0 Å². The maximum atomic E-state index is 14.1. The Morgan fingerprint density at radius 1 is 0.976 bits per heavy atom. The smallest absolute Gasteiger partial charge is 0.371 e. The van der Waals surface area contributed by atoms with E-state index in [1.165, 1.54) is 30.3 Å². The maximum Gasteiger partial charge on any atom is 0.416 e. The van der Waals surface area contributed by atoms with Gasteiger partial charge in [0, 0.05) is 48.0 Å².